The maximum Gasteiger partial charge on any atom is 0.417 e. The molecular weight excluding hydrogens is 936 g/mol. The number of esters is 9. The van der Waals surface area contributed by atoms with Crippen LogP contribution in [0.4, 0.5) is 4.39 Å². The number of unbranched alkanes of at least 4 members (excludes halogenated alkanes) is 2. The van der Waals surface area contributed by atoms with E-state index in [1.54, 1.807) is 38.1 Å². The molecule has 0 saturated heterocycles. The second kappa shape index (κ2) is 30.2. The van der Waals surface area contributed by atoms with Gasteiger partial charge in [0.1, 0.15) is 31.4 Å². The molecule has 0 aliphatic heterocycles. The van der Waals surface area contributed by atoms with Crippen molar-refractivity contribution in [3.05, 3.63) is 52.8 Å². The molecule has 1 saturated carbocycles. The van der Waals surface area contributed by atoms with E-state index in [0.717, 1.165) is 59.7 Å². The molecular formula is C51H67FO19. The summed E-state index contributed by atoms with van der Waals surface area (Å²) >= 11 is 0. The Bertz CT molecular complexity index is 2070. The van der Waals surface area contributed by atoms with Crippen molar-refractivity contribution in [1.82, 2.24) is 0 Å². The minimum atomic E-state index is -1.68. The van der Waals surface area contributed by atoms with Gasteiger partial charge >= 0.3 is 53.7 Å². The van der Waals surface area contributed by atoms with Crippen molar-refractivity contribution in [2.45, 2.75) is 110 Å². The third-order valence-electron chi connectivity index (χ3n) is 12.0. The van der Waals surface area contributed by atoms with Crippen molar-refractivity contribution in [3.63, 3.8) is 0 Å². The van der Waals surface area contributed by atoms with Crippen LogP contribution in [0.1, 0.15) is 114 Å². The normalized spacial score (nSPS) is 14.3. The van der Waals surface area contributed by atoms with Crippen molar-refractivity contribution >= 4 is 53.7 Å². The molecule has 3 rings (SSSR count). The molecule has 20 heteroatoms. The van der Waals surface area contributed by atoms with Gasteiger partial charge in [0.25, 0.3) is 0 Å². The Kier molecular flexibility index (Phi) is 25.0. The topological polar surface area (TPSA) is 246 Å². The number of hydrogen-bond donors (Lipinski definition) is 0. The largest absolute Gasteiger partial charge is 0.493 e. The summed E-state index contributed by atoms with van der Waals surface area (Å²) in [5.41, 5.74) is 0.820. The Morgan fingerprint density at radius 1 is 0.592 bits per heavy atom. The van der Waals surface area contributed by atoms with Crippen LogP contribution in [0.3, 0.4) is 0 Å². The highest BCUT2D eigenvalue weighted by molar-refractivity contribution is 6.30. The average molecular weight is 1000 g/mol. The predicted molar refractivity (Wildman–Crippen MR) is 248 cm³/mol. The highest BCUT2D eigenvalue weighted by atomic mass is 19.1. The average Bonchev–Trinajstić information content (AvgIpc) is 3.37. The lowest BCUT2D eigenvalue weighted by molar-refractivity contribution is -0.177. The zero-order chi connectivity index (χ0) is 52.5. The van der Waals surface area contributed by atoms with Crippen molar-refractivity contribution in [2.24, 2.45) is 17.3 Å². The van der Waals surface area contributed by atoms with Crippen LogP contribution in [0.5, 0.6) is 5.75 Å². The monoisotopic (exact) mass is 1000 g/mol. The van der Waals surface area contributed by atoms with Gasteiger partial charge in [0, 0.05) is 5.56 Å². The van der Waals surface area contributed by atoms with Gasteiger partial charge in [-0.3, -0.25) is 4.79 Å². The van der Waals surface area contributed by atoms with Gasteiger partial charge in [-0.05, 0) is 110 Å². The van der Waals surface area contributed by atoms with E-state index in [0.29, 0.717) is 22.6 Å². The predicted octanol–water partition coefficient (Wildman–Crippen LogP) is 6.03. The number of hydrogen-bond acceptors (Lipinski definition) is 19. The number of methoxy groups -OCH3 is 4. The molecule has 2 aromatic rings. The first-order chi connectivity index (χ1) is 33.9. The van der Waals surface area contributed by atoms with Crippen molar-refractivity contribution in [1.29, 1.82) is 0 Å². The van der Waals surface area contributed by atoms with Gasteiger partial charge in [0.15, 0.2) is 0 Å². The van der Waals surface area contributed by atoms with E-state index >= 15 is 4.39 Å². The molecule has 1 fully saturated rings. The van der Waals surface area contributed by atoms with Gasteiger partial charge in [-0.1, -0.05) is 58.6 Å². The van der Waals surface area contributed by atoms with Crippen molar-refractivity contribution in [2.75, 3.05) is 68.1 Å². The maximum absolute atomic E-state index is 16.5. The Hall–Kier alpha value is -6.60. The molecule has 0 amide bonds. The van der Waals surface area contributed by atoms with Crippen LogP contribution in [0.2, 0.25) is 0 Å². The van der Waals surface area contributed by atoms with Crippen LogP contribution in [0.25, 0.3) is 11.1 Å². The fourth-order valence-electron chi connectivity index (χ4n) is 7.92. The molecule has 0 atom stereocenters. The van der Waals surface area contributed by atoms with Crippen LogP contribution >= 0.6 is 0 Å². The van der Waals surface area contributed by atoms with Crippen molar-refractivity contribution < 1.29 is 94.9 Å². The molecule has 1 aliphatic rings. The molecule has 19 nitrogen and oxygen atoms in total. The van der Waals surface area contributed by atoms with E-state index in [9.17, 15) is 43.2 Å². The van der Waals surface area contributed by atoms with E-state index in [1.165, 1.54) is 25.7 Å². The van der Waals surface area contributed by atoms with Crippen LogP contribution < -0.4 is 4.74 Å². The summed E-state index contributed by atoms with van der Waals surface area (Å²) in [7, 11) is 3.95. The fraction of sp³-hybridized carbons (Fsp3) is 0.588. The van der Waals surface area contributed by atoms with Gasteiger partial charge in [-0.15, -0.1) is 0 Å². The number of benzene rings is 2. The third-order valence-corrected chi connectivity index (χ3v) is 12.0. The lowest BCUT2D eigenvalue weighted by atomic mass is 9.77. The lowest BCUT2D eigenvalue weighted by Gasteiger charge is -2.32. The van der Waals surface area contributed by atoms with Gasteiger partial charge in [0.2, 0.25) is 0 Å². The summed E-state index contributed by atoms with van der Waals surface area (Å²) in [6.07, 6.45) is 9.05. The summed E-state index contributed by atoms with van der Waals surface area (Å²) in [6, 6.07) is 8.58. The number of rotatable bonds is 25. The quantitative estimate of drug-likeness (QED) is 0.0477. The smallest absolute Gasteiger partial charge is 0.417 e. The van der Waals surface area contributed by atoms with Crippen molar-refractivity contribution in [3.8, 4) is 16.9 Å². The van der Waals surface area contributed by atoms with E-state index < -0.39 is 90.7 Å². The van der Waals surface area contributed by atoms with Gasteiger partial charge < -0.3 is 47.4 Å². The Morgan fingerprint density at radius 3 is 1.52 bits per heavy atom. The molecule has 0 radical (unpaired) electrons. The van der Waals surface area contributed by atoms with E-state index in [-0.39, 0.29) is 69.2 Å². The Balaban J connectivity index is 2.13. The first-order valence-electron chi connectivity index (χ1n) is 23.7. The van der Waals surface area contributed by atoms with Gasteiger partial charge in [-0.2, -0.15) is 0 Å². The van der Waals surface area contributed by atoms with Gasteiger partial charge in [0.05, 0.1) is 59.6 Å². The summed E-state index contributed by atoms with van der Waals surface area (Å²) in [4.78, 5) is 110. The molecule has 0 heterocycles. The van der Waals surface area contributed by atoms with Crippen LogP contribution in [0, 0.1) is 23.1 Å². The second-order valence-electron chi connectivity index (χ2n) is 17.5. The fourth-order valence-corrected chi connectivity index (χ4v) is 7.92. The molecule has 2 aromatic carbocycles. The molecule has 0 unspecified atom stereocenters. The number of carbonyl (C=O) groups is 9. The van der Waals surface area contributed by atoms with Crippen LogP contribution in [0.15, 0.2) is 30.3 Å². The summed E-state index contributed by atoms with van der Waals surface area (Å²) in [6.45, 7) is 2.44. The SMILES string of the molecule is CCCCCC1CCC(c2ccc(-c3cc(CCCOC(=O)C(=O)OC)c(OCCC(COC(=O)C(=O)OC)(COC(=O)C(=O)OC)COC(=O)C(C)C)c(CCCOC(=O)C(=O)OC)c3)c(F)c2)CC1. The maximum atomic E-state index is 16.5. The van der Waals surface area contributed by atoms with Crippen LogP contribution in [-0.4, -0.2) is 122 Å². The van der Waals surface area contributed by atoms with E-state index in [4.69, 9.17) is 28.4 Å². The molecule has 0 N–H and O–H groups in total. The Morgan fingerprint density at radius 2 is 1.07 bits per heavy atom. The first kappa shape index (κ1) is 58.7. The summed E-state index contributed by atoms with van der Waals surface area (Å²) in [5.74, 6) is -11.2. The molecule has 0 bridgehead atoms. The van der Waals surface area contributed by atoms with E-state index in [1.807, 2.05) is 6.07 Å². The highest BCUT2D eigenvalue weighted by Gasteiger charge is 2.38. The standard InChI is InChI=1S/C51H67FO19/c1-8-9-10-13-33-16-18-34(19-17-33)35-20-21-39(40(52)28-35)38-26-36(14-11-23-67-47(58)43(54)62-4)41(37(27-38)15-12-24-68-48(59)44(55)63-5)66-25-22-51(29-69-42(53)32(2)3,30-70-49(60)45(56)64-6)31-71-50(61)46(57)65-7/h20-21,26-28,32-34H,8-19,22-25,29-31H2,1-7H3. The minimum absolute atomic E-state index is 0.105. The van der Waals surface area contributed by atoms with E-state index in [2.05, 4.69) is 25.9 Å². The minimum Gasteiger partial charge on any atom is -0.493 e. The molecule has 392 valence electrons. The number of halogens is 1. The zero-order valence-electron chi connectivity index (χ0n) is 41.7. The number of ether oxygens (including phenoxy) is 10. The van der Waals surface area contributed by atoms with Crippen LogP contribution in [-0.2, 0) is 98.6 Å². The summed E-state index contributed by atoms with van der Waals surface area (Å²) < 4.78 is 67.0. The number of aryl methyl sites for hydroxylation is 2. The van der Waals surface area contributed by atoms with Gasteiger partial charge in [-0.25, -0.2) is 42.7 Å². The summed E-state index contributed by atoms with van der Waals surface area (Å²) in [5, 5.41) is 0. The lowest BCUT2D eigenvalue weighted by Crippen LogP contribution is -2.42. The third kappa shape index (κ3) is 18.9. The highest BCUT2D eigenvalue weighted by Crippen LogP contribution is 2.40. The molecule has 71 heavy (non-hydrogen) atoms. The Labute approximate surface area is 412 Å². The number of carbonyl (C=O) groups excluding carboxylic acids is 9. The molecule has 1 aliphatic carbocycles. The molecule has 0 spiro atoms. The zero-order valence-corrected chi connectivity index (χ0v) is 41.7. The first-order valence-corrected chi connectivity index (χ1v) is 23.7. The second-order valence-corrected chi connectivity index (χ2v) is 17.5. The molecule has 0 aromatic heterocycles.